The minimum atomic E-state index is -0.184. The third-order valence-corrected chi connectivity index (χ3v) is 3.62. The number of nitrogens with zero attached hydrogens (tertiary/aromatic N) is 2. The Bertz CT molecular complexity index is 646. The fourth-order valence-electron chi connectivity index (χ4n) is 1.74. The van der Waals surface area contributed by atoms with Gasteiger partial charge in [-0.15, -0.1) is 0 Å². The van der Waals surface area contributed by atoms with E-state index in [9.17, 15) is 4.79 Å². The number of amides is 1. The smallest absolute Gasteiger partial charge is 0.255 e. The summed E-state index contributed by atoms with van der Waals surface area (Å²) in [6, 6.07) is 8.86. The summed E-state index contributed by atoms with van der Waals surface area (Å²) in [4.78, 5) is 17.7. The lowest BCUT2D eigenvalue weighted by Gasteiger charge is -2.17. The maximum absolute atomic E-state index is 12.2. The van der Waals surface area contributed by atoms with Crippen molar-refractivity contribution in [2.45, 2.75) is 6.54 Å². The number of hydrogen-bond acceptors (Lipinski definition) is 2. The molecule has 0 aliphatic rings. The van der Waals surface area contributed by atoms with E-state index in [1.165, 1.54) is 12.3 Å². The number of halogens is 3. The molecule has 0 saturated carbocycles. The highest BCUT2D eigenvalue weighted by Crippen LogP contribution is 2.21. The largest absolute Gasteiger partial charge is 0.337 e. The quantitative estimate of drug-likeness (QED) is 0.786. The van der Waals surface area contributed by atoms with E-state index in [0.717, 1.165) is 5.56 Å². The summed E-state index contributed by atoms with van der Waals surface area (Å²) in [6.45, 7) is 0.444. The van der Waals surface area contributed by atoms with Gasteiger partial charge in [0.1, 0.15) is 5.15 Å². The number of pyridine rings is 1. The summed E-state index contributed by atoms with van der Waals surface area (Å²) in [5, 5.41) is 1.08. The van der Waals surface area contributed by atoms with E-state index < -0.39 is 0 Å². The number of aromatic nitrogens is 1. The van der Waals surface area contributed by atoms with Gasteiger partial charge in [0.15, 0.2) is 0 Å². The van der Waals surface area contributed by atoms with Gasteiger partial charge in [-0.1, -0.05) is 46.9 Å². The van der Waals surface area contributed by atoms with Crippen molar-refractivity contribution in [1.82, 2.24) is 9.88 Å². The second kappa shape index (κ2) is 6.44. The van der Waals surface area contributed by atoms with Crippen molar-refractivity contribution in [2.75, 3.05) is 7.05 Å². The van der Waals surface area contributed by atoms with Crippen LogP contribution in [0, 0.1) is 0 Å². The first-order chi connectivity index (χ1) is 9.47. The Hall–Kier alpha value is -1.29. The summed E-state index contributed by atoms with van der Waals surface area (Å²) in [5.74, 6) is -0.184. The molecule has 0 spiro atoms. The normalized spacial score (nSPS) is 10.4. The van der Waals surface area contributed by atoms with Gasteiger partial charge in [-0.05, 0) is 23.8 Å². The van der Waals surface area contributed by atoms with Gasteiger partial charge in [-0.3, -0.25) is 4.79 Å². The summed E-state index contributed by atoms with van der Waals surface area (Å²) in [6.07, 6.45) is 1.41. The van der Waals surface area contributed by atoms with Gasteiger partial charge in [0.2, 0.25) is 0 Å². The molecule has 0 fully saturated rings. The summed E-state index contributed by atoms with van der Waals surface area (Å²) in [7, 11) is 1.70. The maximum Gasteiger partial charge on any atom is 0.255 e. The van der Waals surface area contributed by atoms with E-state index >= 15 is 0 Å². The Morgan fingerprint density at radius 2 is 2.00 bits per heavy atom. The fraction of sp³-hybridized carbons (Fsp3) is 0.143. The van der Waals surface area contributed by atoms with Crippen LogP contribution in [0.5, 0.6) is 0 Å². The molecule has 6 heteroatoms. The van der Waals surface area contributed by atoms with Crippen molar-refractivity contribution in [1.29, 1.82) is 0 Å². The highest BCUT2D eigenvalue weighted by molar-refractivity contribution is 6.41. The van der Waals surface area contributed by atoms with Crippen LogP contribution in [0.3, 0.4) is 0 Å². The molecule has 1 amide bonds. The Morgan fingerprint density at radius 1 is 1.25 bits per heavy atom. The Morgan fingerprint density at radius 3 is 2.65 bits per heavy atom. The van der Waals surface area contributed by atoms with Gasteiger partial charge in [0.25, 0.3) is 5.91 Å². The zero-order valence-electron chi connectivity index (χ0n) is 10.6. The zero-order chi connectivity index (χ0) is 14.7. The molecule has 0 unspecified atom stereocenters. The van der Waals surface area contributed by atoms with Crippen molar-refractivity contribution < 1.29 is 4.79 Å². The van der Waals surface area contributed by atoms with Gasteiger partial charge >= 0.3 is 0 Å². The first-order valence-electron chi connectivity index (χ1n) is 5.78. The fourth-order valence-corrected chi connectivity index (χ4v) is 2.22. The van der Waals surface area contributed by atoms with E-state index in [0.29, 0.717) is 17.1 Å². The van der Waals surface area contributed by atoms with E-state index in [-0.39, 0.29) is 16.1 Å². The third kappa shape index (κ3) is 3.63. The monoisotopic (exact) mass is 328 g/mol. The molecule has 1 aromatic carbocycles. The van der Waals surface area contributed by atoms with E-state index in [2.05, 4.69) is 4.98 Å². The molecule has 3 nitrogen and oxygen atoms in total. The SMILES string of the molecule is CN(Cc1cccc(Cl)c1)C(=O)c1cnc(Cl)c(Cl)c1. The van der Waals surface area contributed by atoms with E-state index in [4.69, 9.17) is 34.8 Å². The number of carbonyl (C=O) groups is 1. The van der Waals surface area contributed by atoms with Gasteiger partial charge in [0.05, 0.1) is 10.6 Å². The Balaban J connectivity index is 2.14. The molecule has 1 aromatic heterocycles. The average molecular weight is 330 g/mol. The minimum absolute atomic E-state index is 0.181. The molecule has 0 atom stereocenters. The number of carbonyl (C=O) groups excluding carboxylic acids is 1. The standard InChI is InChI=1S/C14H11Cl3N2O/c1-19(8-9-3-2-4-11(15)5-9)14(20)10-6-12(16)13(17)18-7-10/h2-7H,8H2,1H3. The lowest BCUT2D eigenvalue weighted by atomic mass is 10.2. The molecule has 0 bridgehead atoms. The number of rotatable bonds is 3. The zero-order valence-corrected chi connectivity index (χ0v) is 12.9. The predicted octanol–water partition coefficient (Wildman–Crippen LogP) is 4.31. The van der Waals surface area contributed by atoms with Crippen molar-refractivity contribution >= 4 is 40.7 Å². The second-order valence-corrected chi connectivity index (χ2v) is 5.49. The van der Waals surface area contributed by atoms with E-state index in [1.807, 2.05) is 18.2 Å². The third-order valence-electron chi connectivity index (χ3n) is 2.70. The highest BCUT2D eigenvalue weighted by Gasteiger charge is 2.14. The van der Waals surface area contributed by atoms with Crippen LogP contribution in [0.15, 0.2) is 36.5 Å². The molecule has 0 radical (unpaired) electrons. The van der Waals surface area contributed by atoms with Crippen LogP contribution >= 0.6 is 34.8 Å². The summed E-state index contributed by atoms with van der Waals surface area (Å²) in [5.41, 5.74) is 1.34. The van der Waals surface area contributed by atoms with Crippen LogP contribution in [0.1, 0.15) is 15.9 Å². The molecular formula is C14H11Cl3N2O. The van der Waals surface area contributed by atoms with Crippen molar-refractivity contribution in [3.8, 4) is 0 Å². The van der Waals surface area contributed by atoms with Crippen molar-refractivity contribution in [2.24, 2.45) is 0 Å². The summed E-state index contributed by atoms with van der Waals surface area (Å²) < 4.78 is 0. The Kier molecular flexibility index (Phi) is 4.86. The molecule has 2 rings (SSSR count). The Labute approximate surface area is 132 Å². The predicted molar refractivity (Wildman–Crippen MR) is 81.5 cm³/mol. The van der Waals surface area contributed by atoms with Gasteiger partial charge in [0, 0.05) is 24.8 Å². The number of benzene rings is 1. The molecule has 0 saturated heterocycles. The van der Waals surface area contributed by atoms with Gasteiger partial charge in [-0.2, -0.15) is 0 Å². The topological polar surface area (TPSA) is 33.2 Å². The van der Waals surface area contributed by atoms with Crippen molar-refractivity contribution in [3.05, 3.63) is 62.9 Å². The molecule has 2 aromatic rings. The second-order valence-electron chi connectivity index (χ2n) is 4.29. The molecule has 1 heterocycles. The molecule has 104 valence electrons. The van der Waals surface area contributed by atoms with Crippen molar-refractivity contribution in [3.63, 3.8) is 0 Å². The summed E-state index contributed by atoms with van der Waals surface area (Å²) >= 11 is 17.5. The molecular weight excluding hydrogens is 319 g/mol. The minimum Gasteiger partial charge on any atom is -0.337 e. The first-order valence-corrected chi connectivity index (χ1v) is 6.91. The van der Waals surface area contributed by atoms with Crippen LogP contribution in [0.4, 0.5) is 0 Å². The van der Waals surface area contributed by atoms with Crippen LogP contribution < -0.4 is 0 Å². The van der Waals surface area contributed by atoms with Crippen LogP contribution in [0.25, 0.3) is 0 Å². The molecule has 20 heavy (non-hydrogen) atoms. The van der Waals surface area contributed by atoms with Crippen LogP contribution in [0.2, 0.25) is 15.2 Å². The van der Waals surface area contributed by atoms with E-state index in [1.54, 1.807) is 18.0 Å². The van der Waals surface area contributed by atoms with Gasteiger partial charge in [-0.25, -0.2) is 4.98 Å². The molecule has 0 N–H and O–H groups in total. The maximum atomic E-state index is 12.2. The lowest BCUT2D eigenvalue weighted by molar-refractivity contribution is 0.0784. The molecule has 0 aliphatic carbocycles. The van der Waals surface area contributed by atoms with Gasteiger partial charge < -0.3 is 4.90 Å². The van der Waals surface area contributed by atoms with Crippen LogP contribution in [-0.4, -0.2) is 22.8 Å². The highest BCUT2D eigenvalue weighted by atomic mass is 35.5. The lowest BCUT2D eigenvalue weighted by Crippen LogP contribution is -2.26. The average Bonchev–Trinajstić information content (AvgIpc) is 2.41. The number of hydrogen-bond donors (Lipinski definition) is 0. The van der Waals surface area contributed by atoms with Crippen LogP contribution in [-0.2, 0) is 6.54 Å². The molecule has 0 aliphatic heterocycles. The first kappa shape index (κ1) is 15.1.